The first-order valence-corrected chi connectivity index (χ1v) is 11.5. The Labute approximate surface area is 175 Å². The van der Waals surface area contributed by atoms with Gasteiger partial charge in [-0.05, 0) is 59.9 Å². The molecule has 146 valence electrons. The summed E-state index contributed by atoms with van der Waals surface area (Å²) in [6, 6.07) is 16.5. The fourth-order valence-electron chi connectivity index (χ4n) is 3.10. The molecule has 0 unspecified atom stereocenters. The van der Waals surface area contributed by atoms with Gasteiger partial charge in [0, 0.05) is 0 Å². The van der Waals surface area contributed by atoms with Crippen LogP contribution in [0, 0.1) is 0 Å². The van der Waals surface area contributed by atoms with Crippen molar-refractivity contribution in [2.45, 2.75) is 39.2 Å². The molecule has 1 amide bonds. The Kier molecular flexibility index (Phi) is 7.40. The van der Waals surface area contributed by atoms with Crippen molar-refractivity contribution in [1.82, 2.24) is 0 Å². The summed E-state index contributed by atoms with van der Waals surface area (Å²) in [5.41, 5.74) is 3.53. The average Bonchev–Trinajstić information content (AvgIpc) is 3.09. The molecule has 1 heterocycles. The maximum Gasteiger partial charge on any atom is 0.285 e. The molecule has 0 bridgehead atoms. The van der Waals surface area contributed by atoms with Crippen LogP contribution in [0.5, 0.6) is 5.75 Å². The van der Waals surface area contributed by atoms with E-state index >= 15 is 0 Å². The summed E-state index contributed by atoms with van der Waals surface area (Å²) in [6.07, 6.45) is 6.14. The van der Waals surface area contributed by atoms with Crippen LogP contribution < -0.4 is 4.74 Å². The summed E-state index contributed by atoms with van der Waals surface area (Å²) in [5.74, 6) is 1.29. The van der Waals surface area contributed by atoms with E-state index in [1.54, 1.807) is 0 Å². The molecule has 0 radical (unpaired) electrons. The van der Waals surface area contributed by atoms with Crippen LogP contribution in [0.1, 0.15) is 49.3 Å². The van der Waals surface area contributed by atoms with Gasteiger partial charge in [-0.2, -0.15) is 4.99 Å². The van der Waals surface area contributed by atoms with Gasteiger partial charge in [0.15, 0.2) is 0 Å². The number of benzene rings is 2. The predicted molar refractivity (Wildman–Crippen MR) is 122 cm³/mol. The van der Waals surface area contributed by atoms with Crippen molar-refractivity contribution in [3.8, 4) is 5.75 Å². The molecule has 1 aliphatic rings. The van der Waals surface area contributed by atoms with Crippen molar-refractivity contribution < 1.29 is 9.53 Å². The molecule has 0 atom stereocenters. The van der Waals surface area contributed by atoms with Gasteiger partial charge in [-0.25, -0.2) is 0 Å². The minimum absolute atomic E-state index is 0.161. The summed E-state index contributed by atoms with van der Waals surface area (Å²) in [4.78, 5) is 16.5. The van der Waals surface area contributed by atoms with Gasteiger partial charge in [0.1, 0.15) is 16.7 Å². The summed E-state index contributed by atoms with van der Waals surface area (Å²) >= 11 is 2.92. The highest BCUT2D eigenvalue weighted by Crippen LogP contribution is 2.32. The van der Waals surface area contributed by atoms with E-state index in [1.807, 2.05) is 36.6 Å². The number of carbonyl (C=O) groups excluding carboxylic acids is 1. The third-order valence-electron chi connectivity index (χ3n) is 4.80. The van der Waals surface area contributed by atoms with E-state index in [0.29, 0.717) is 17.4 Å². The van der Waals surface area contributed by atoms with Crippen molar-refractivity contribution in [3.05, 3.63) is 70.1 Å². The lowest BCUT2D eigenvalue weighted by atomic mass is 9.93. The quantitative estimate of drug-likeness (QED) is 0.487. The Morgan fingerprint density at radius 2 is 1.75 bits per heavy atom. The van der Waals surface area contributed by atoms with E-state index in [9.17, 15) is 4.79 Å². The molecule has 0 saturated carbocycles. The predicted octanol–water partition coefficient (Wildman–Crippen LogP) is 6.50. The third-order valence-corrected chi connectivity index (χ3v) is 6.76. The van der Waals surface area contributed by atoms with E-state index < -0.39 is 0 Å². The molecule has 2 aromatic carbocycles. The molecule has 1 aliphatic heterocycles. The number of hydrogen-bond acceptors (Lipinski definition) is 4. The molecule has 0 N–H and O–H groups in total. The summed E-state index contributed by atoms with van der Waals surface area (Å²) in [6.45, 7) is 5.02. The summed E-state index contributed by atoms with van der Waals surface area (Å²) < 4.78 is 6.70. The molecule has 2 aromatic rings. The molecule has 0 aromatic heterocycles. The van der Waals surface area contributed by atoms with Crippen molar-refractivity contribution in [3.63, 3.8) is 0 Å². The van der Waals surface area contributed by atoms with E-state index in [0.717, 1.165) is 21.3 Å². The summed E-state index contributed by atoms with van der Waals surface area (Å²) in [5, 5.41) is 0. The minimum Gasteiger partial charge on any atom is -0.489 e. The highest BCUT2D eigenvalue weighted by Gasteiger charge is 2.20. The zero-order chi connectivity index (χ0) is 19.9. The number of hydrogen-bond donors (Lipinski definition) is 0. The SMILES string of the molecule is CCC(CC)c1ccc(COc2ccc(C=C3SC(SC)=NC3=O)cc2)cc1. The topological polar surface area (TPSA) is 38.7 Å². The minimum atomic E-state index is -0.161. The number of rotatable bonds is 7. The van der Waals surface area contributed by atoms with Gasteiger partial charge in [-0.1, -0.05) is 62.0 Å². The van der Waals surface area contributed by atoms with Crippen LogP contribution >= 0.6 is 23.5 Å². The molecule has 0 saturated heterocycles. The molecular formula is C23H25NO2S2. The Morgan fingerprint density at radius 1 is 1.07 bits per heavy atom. The van der Waals surface area contributed by atoms with E-state index in [4.69, 9.17) is 4.74 Å². The Bertz CT molecular complexity index is 866. The van der Waals surface area contributed by atoms with Crippen LogP contribution in [0.15, 0.2) is 58.4 Å². The Hall–Kier alpha value is -1.98. The number of aliphatic imine (C=N–C) groups is 1. The van der Waals surface area contributed by atoms with Gasteiger partial charge in [-0.3, -0.25) is 4.79 Å². The number of carbonyl (C=O) groups is 1. The first-order valence-electron chi connectivity index (χ1n) is 9.51. The number of ether oxygens (including phenoxy) is 1. The highest BCUT2D eigenvalue weighted by atomic mass is 32.2. The lowest BCUT2D eigenvalue weighted by Gasteiger charge is -2.13. The van der Waals surface area contributed by atoms with Gasteiger partial charge < -0.3 is 4.74 Å². The standard InChI is InChI=1S/C23H25NO2S2/c1-4-18(5-2)19-10-6-17(7-11-19)15-26-20-12-8-16(9-13-20)14-21-22(25)24-23(27-3)28-21/h6-14,18H,4-5,15H2,1-3H3. The lowest BCUT2D eigenvalue weighted by molar-refractivity contribution is -0.113. The molecule has 5 heteroatoms. The second kappa shape index (κ2) is 9.99. The summed E-state index contributed by atoms with van der Waals surface area (Å²) in [7, 11) is 0. The molecule has 28 heavy (non-hydrogen) atoms. The Morgan fingerprint density at radius 3 is 2.32 bits per heavy atom. The van der Waals surface area contributed by atoms with Gasteiger partial charge in [0.2, 0.25) is 0 Å². The third kappa shape index (κ3) is 5.30. The molecule has 3 rings (SSSR count). The average molecular weight is 412 g/mol. The maximum absolute atomic E-state index is 11.9. The fourth-order valence-corrected chi connectivity index (χ4v) is 4.52. The van der Waals surface area contributed by atoms with Gasteiger partial charge in [-0.15, -0.1) is 11.8 Å². The zero-order valence-electron chi connectivity index (χ0n) is 16.5. The Balaban J connectivity index is 1.57. The molecular weight excluding hydrogens is 386 g/mol. The highest BCUT2D eigenvalue weighted by molar-refractivity contribution is 8.40. The van der Waals surface area contributed by atoms with Crippen LogP contribution in [0.2, 0.25) is 0 Å². The van der Waals surface area contributed by atoms with Crippen molar-refractivity contribution in [2.75, 3.05) is 6.26 Å². The molecule has 0 aliphatic carbocycles. The van der Waals surface area contributed by atoms with Crippen LogP contribution in [0.3, 0.4) is 0 Å². The van der Waals surface area contributed by atoms with Crippen molar-refractivity contribution in [1.29, 1.82) is 0 Å². The number of nitrogens with zero attached hydrogens (tertiary/aromatic N) is 1. The van der Waals surface area contributed by atoms with Crippen LogP contribution in [-0.4, -0.2) is 16.5 Å². The number of thioether (sulfide) groups is 2. The van der Waals surface area contributed by atoms with E-state index in [2.05, 4.69) is 43.1 Å². The normalized spacial score (nSPS) is 15.4. The largest absolute Gasteiger partial charge is 0.489 e. The van der Waals surface area contributed by atoms with Gasteiger partial charge in [0.05, 0.1) is 4.91 Å². The first kappa shape index (κ1) is 20.7. The lowest BCUT2D eigenvalue weighted by Crippen LogP contribution is -1.98. The van der Waals surface area contributed by atoms with Crippen LogP contribution in [0.4, 0.5) is 0 Å². The van der Waals surface area contributed by atoms with Crippen LogP contribution in [0.25, 0.3) is 6.08 Å². The van der Waals surface area contributed by atoms with Gasteiger partial charge in [0.25, 0.3) is 5.91 Å². The fraction of sp³-hybridized carbons (Fsp3) is 0.304. The van der Waals surface area contributed by atoms with Gasteiger partial charge >= 0.3 is 0 Å². The zero-order valence-corrected chi connectivity index (χ0v) is 18.1. The van der Waals surface area contributed by atoms with E-state index in [1.165, 1.54) is 41.9 Å². The van der Waals surface area contributed by atoms with E-state index in [-0.39, 0.29) is 5.91 Å². The van der Waals surface area contributed by atoms with Crippen molar-refractivity contribution >= 4 is 39.9 Å². The van der Waals surface area contributed by atoms with Crippen LogP contribution in [-0.2, 0) is 11.4 Å². The van der Waals surface area contributed by atoms with Crippen molar-refractivity contribution in [2.24, 2.45) is 4.99 Å². The molecule has 0 spiro atoms. The smallest absolute Gasteiger partial charge is 0.285 e. The second-order valence-corrected chi connectivity index (χ2v) is 8.69. The molecule has 0 fully saturated rings. The first-order chi connectivity index (χ1) is 13.6. The second-order valence-electron chi connectivity index (χ2n) is 6.61. The maximum atomic E-state index is 11.9. The molecule has 3 nitrogen and oxygen atoms in total. The monoisotopic (exact) mass is 411 g/mol. The number of amides is 1.